The van der Waals surface area contributed by atoms with Gasteiger partial charge in [-0.25, -0.2) is 14.4 Å². The lowest BCUT2D eigenvalue weighted by molar-refractivity contribution is 0.534. The summed E-state index contributed by atoms with van der Waals surface area (Å²) < 4.78 is 21.3. The van der Waals surface area contributed by atoms with Gasteiger partial charge in [0.2, 0.25) is 0 Å². The fourth-order valence-electron chi connectivity index (χ4n) is 3.91. The van der Waals surface area contributed by atoms with Crippen LogP contribution in [0.2, 0.25) is 0 Å². The molecule has 5 aromatic rings. The minimum atomic E-state index is -0.257. The van der Waals surface area contributed by atoms with Gasteiger partial charge in [-0.2, -0.15) is 0 Å². The molecule has 0 saturated carbocycles. The van der Waals surface area contributed by atoms with Crippen LogP contribution in [0.5, 0.6) is 0 Å². The summed E-state index contributed by atoms with van der Waals surface area (Å²) in [5.41, 5.74) is 5.60. The molecule has 2 aromatic heterocycles. The number of rotatable bonds is 5. The molecule has 0 saturated heterocycles. The molecule has 0 atom stereocenters. The smallest absolute Gasteiger partial charge is 0.191 e. The summed E-state index contributed by atoms with van der Waals surface area (Å²) in [7, 11) is 0. The predicted octanol–water partition coefficient (Wildman–Crippen LogP) is 7.13. The first kappa shape index (κ1) is 20.0. The highest BCUT2D eigenvalue weighted by Gasteiger charge is 2.17. The maximum atomic E-state index is 13.5. The van der Waals surface area contributed by atoms with E-state index in [9.17, 15) is 4.39 Å². The van der Waals surface area contributed by atoms with Gasteiger partial charge in [0.15, 0.2) is 11.7 Å². The van der Waals surface area contributed by atoms with Gasteiger partial charge in [-0.1, -0.05) is 6.07 Å². The highest BCUT2D eigenvalue weighted by Crippen LogP contribution is 2.33. The molecule has 0 radical (unpaired) electrons. The van der Waals surface area contributed by atoms with Crippen molar-refractivity contribution in [2.24, 2.45) is 0 Å². The monoisotopic (exact) mass is 426 g/mol. The van der Waals surface area contributed by atoms with Crippen molar-refractivity contribution in [3.63, 3.8) is 0 Å². The van der Waals surface area contributed by atoms with E-state index in [-0.39, 0.29) is 11.9 Å². The first-order valence-electron chi connectivity index (χ1n) is 10.6. The van der Waals surface area contributed by atoms with Crippen LogP contribution >= 0.6 is 0 Å². The van der Waals surface area contributed by atoms with Gasteiger partial charge in [0, 0.05) is 29.8 Å². The van der Waals surface area contributed by atoms with Gasteiger partial charge in [-0.05, 0) is 74.5 Å². The van der Waals surface area contributed by atoms with Gasteiger partial charge in [0.25, 0.3) is 0 Å². The molecule has 0 spiro atoms. The number of aromatic nitrogens is 3. The topological polar surface area (TPSA) is 55.9 Å². The molecule has 32 heavy (non-hydrogen) atoms. The molecule has 6 heteroatoms. The number of hydrogen-bond acceptors (Lipinski definition) is 4. The molecule has 0 amide bonds. The molecule has 2 heterocycles. The lowest BCUT2D eigenvalue weighted by atomic mass is 10.1. The number of benzene rings is 3. The number of anilines is 2. The van der Waals surface area contributed by atoms with Crippen LogP contribution in [0.1, 0.15) is 25.8 Å². The summed E-state index contributed by atoms with van der Waals surface area (Å²) in [5.74, 6) is 1.95. The second-order valence-electron chi connectivity index (χ2n) is 8.03. The third-order valence-electron chi connectivity index (χ3n) is 5.41. The summed E-state index contributed by atoms with van der Waals surface area (Å²) in [5, 5.41) is 3.49. The number of halogens is 1. The molecule has 0 fully saturated rings. The van der Waals surface area contributed by atoms with Crippen LogP contribution in [0, 0.1) is 12.7 Å². The molecule has 3 aromatic carbocycles. The van der Waals surface area contributed by atoms with Crippen molar-refractivity contribution >= 4 is 22.4 Å². The standard InChI is InChI=1S/C26H23FN4O/c1-16(2)31-23-6-4-5-22(25(23)30-26(31)19-7-11-20(27)12-8-19)29-21-13-9-18(10-14-21)24-15-28-17(3)32-24/h4-16,29H,1-3H3. The van der Waals surface area contributed by atoms with Gasteiger partial charge in [-0.3, -0.25) is 0 Å². The maximum absolute atomic E-state index is 13.5. The molecule has 0 unspecified atom stereocenters. The van der Waals surface area contributed by atoms with Crippen LogP contribution in [0.15, 0.2) is 77.3 Å². The fraction of sp³-hybridized carbons (Fsp3) is 0.154. The zero-order chi connectivity index (χ0) is 22.2. The average molecular weight is 426 g/mol. The van der Waals surface area contributed by atoms with E-state index in [0.717, 1.165) is 45.1 Å². The summed E-state index contributed by atoms with van der Waals surface area (Å²) in [6.45, 7) is 6.08. The van der Waals surface area contributed by atoms with Crippen LogP contribution in [0.25, 0.3) is 33.7 Å². The van der Waals surface area contributed by atoms with Gasteiger partial charge in [0.05, 0.1) is 17.4 Å². The molecule has 0 aliphatic rings. The number of fused-ring (bicyclic) bond motifs is 1. The highest BCUT2D eigenvalue weighted by atomic mass is 19.1. The zero-order valence-corrected chi connectivity index (χ0v) is 18.1. The SMILES string of the molecule is Cc1ncc(-c2ccc(Nc3cccc4c3nc(-c3ccc(F)cc3)n4C(C)C)cc2)o1. The van der Waals surface area contributed by atoms with Crippen molar-refractivity contribution in [2.45, 2.75) is 26.8 Å². The lowest BCUT2D eigenvalue weighted by Gasteiger charge is -2.13. The number of oxazole rings is 1. The zero-order valence-electron chi connectivity index (χ0n) is 18.1. The van der Waals surface area contributed by atoms with Crippen molar-refractivity contribution in [1.82, 2.24) is 14.5 Å². The second kappa shape index (κ2) is 7.96. The van der Waals surface area contributed by atoms with Crippen molar-refractivity contribution < 1.29 is 8.81 Å². The Morgan fingerprint density at radius 3 is 2.31 bits per heavy atom. The van der Waals surface area contributed by atoms with Crippen molar-refractivity contribution in [1.29, 1.82) is 0 Å². The van der Waals surface area contributed by atoms with Crippen LogP contribution < -0.4 is 5.32 Å². The molecule has 5 rings (SSSR count). The molecule has 0 bridgehead atoms. The Bertz CT molecular complexity index is 1380. The predicted molar refractivity (Wildman–Crippen MR) is 125 cm³/mol. The van der Waals surface area contributed by atoms with Gasteiger partial charge < -0.3 is 14.3 Å². The number of nitrogens with one attached hydrogen (secondary N) is 1. The molecule has 5 nitrogen and oxygen atoms in total. The van der Waals surface area contributed by atoms with Crippen molar-refractivity contribution in [3.8, 4) is 22.7 Å². The number of aryl methyl sites for hydroxylation is 1. The maximum Gasteiger partial charge on any atom is 0.191 e. The molecule has 0 aliphatic carbocycles. The highest BCUT2D eigenvalue weighted by molar-refractivity contribution is 5.93. The number of imidazole rings is 1. The Balaban J connectivity index is 1.53. The van der Waals surface area contributed by atoms with E-state index >= 15 is 0 Å². The van der Waals surface area contributed by atoms with E-state index < -0.39 is 0 Å². The second-order valence-corrected chi connectivity index (χ2v) is 8.03. The van der Waals surface area contributed by atoms with Crippen LogP contribution in [0.3, 0.4) is 0 Å². The third-order valence-corrected chi connectivity index (χ3v) is 5.41. The number of nitrogens with zero attached hydrogens (tertiary/aromatic N) is 3. The van der Waals surface area contributed by atoms with E-state index in [1.807, 2.05) is 43.3 Å². The molecular formula is C26H23FN4O. The molecule has 0 aliphatic heterocycles. The Labute approximate surface area is 185 Å². The quantitative estimate of drug-likeness (QED) is 0.325. The number of para-hydroxylation sites is 1. The van der Waals surface area contributed by atoms with E-state index in [1.54, 1.807) is 18.3 Å². The van der Waals surface area contributed by atoms with Gasteiger partial charge >= 0.3 is 0 Å². The van der Waals surface area contributed by atoms with Crippen LogP contribution in [0.4, 0.5) is 15.8 Å². The molecule has 1 N–H and O–H groups in total. The minimum absolute atomic E-state index is 0.194. The fourth-order valence-corrected chi connectivity index (χ4v) is 3.91. The van der Waals surface area contributed by atoms with Crippen LogP contribution in [-0.2, 0) is 0 Å². The molecular weight excluding hydrogens is 403 g/mol. The number of hydrogen-bond donors (Lipinski definition) is 1. The van der Waals surface area contributed by atoms with Crippen molar-refractivity contribution in [2.75, 3.05) is 5.32 Å². The first-order valence-corrected chi connectivity index (χ1v) is 10.6. The summed E-state index contributed by atoms with van der Waals surface area (Å²) >= 11 is 0. The van der Waals surface area contributed by atoms with E-state index in [1.165, 1.54) is 12.1 Å². The Kier molecular flexibility index (Phi) is 4.98. The Morgan fingerprint density at radius 1 is 0.938 bits per heavy atom. The summed E-state index contributed by atoms with van der Waals surface area (Å²) in [6, 6.07) is 20.8. The lowest BCUT2D eigenvalue weighted by Crippen LogP contribution is -2.03. The largest absolute Gasteiger partial charge is 0.441 e. The Hall–Kier alpha value is -3.93. The van der Waals surface area contributed by atoms with E-state index in [2.05, 4.69) is 34.8 Å². The normalized spacial score (nSPS) is 11.4. The van der Waals surface area contributed by atoms with Gasteiger partial charge in [0.1, 0.15) is 17.2 Å². The summed E-state index contributed by atoms with van der Waals surface area (Å²) in [6.07, 6.45) is 1.73. The first-order chi connectivity index (χ1) is 15.5. The minimum Gasteiger partial charge on any atom is -0.441 e. The van der Waals surface area contributed by atoms with E-state index in [4.69, 9.17) is 9.40 Å². The van der Waals surface area contributed by atoms with E-state index in [0.29, 0.717) is 5.89 Å². The van der Waals surface area contributed by atoms with Crippen LogP contribution in [-0.4, -0.2) is 14.5 Å². The summed E-state index contributed by atoms with van der Waals surface area (Å²) in [4.78, 5) is 9.11. The Morgan fingerprint density at radius 2 is 1.66 bits per heavy atom. The van der Waals surface area contributed by atoms with Crippen molar-refractivity contribution in [3.05, 3.63) is 84.6 Å². The average Bonchev–Trinajstić information content (AvgIpc) is 3.39. The third kappa shape index (κ3) is 3.64. The van der Waals surface area contributed by atoms with Gasteiger partial charge in [-0.15, -0.1) is 0 Å². The molecule has 160 valence electrons.